The van der Waals surface area contributed by atoms with Gasteiger partial charge >= 0.3 is 5.69 Å². The van der Waals surface area contributed by atoms with Gasteiger partial charge in [-0.15, -0.1) is 0 Å². The van der Waals surface area contributed by atoms with Crippen LogP contribution in [0.4, 0.5) is 5.82 Å². The van der Waals surface area contributed by atoms with Gasteiger partial charge in [0.25, 0.3) is 5.56 Å². The summed E-state index contributed by atoms with van der Waals surface area (Å²) in [4.78, 5) is 29.8. The largest absolute Gasteiger partial charge is 0.356 e. The lowest BCUT2D eigenvalue weighted by Crippen LogP contribution is -2.35. The summed E-state index contributed by atoms with van der Waals surface area (Å²) >= 11 is 3.58. The van der Waals surface area contributed by atoms with E-state index in [0.29, 0.717) is 11.9 Å². The van der Waals surface area contributed by atoms with E-state index in [1.165, 1.54) is 17.2 Å². The fraction of sp³-hybridized carbons (Fsp3) is 0.412. The molecule has 0 bridgehead atoms. The van der Waals surface area contributed by atoms with Crippen molar-refractivity contribution in [1.82, 2.24) is 15.3 Å². The Bertz CT molecular complexity index is 817. The van der Waals surface area contributed by atoms with E-state index < -0.39 is 5.69 Å². The molecular formula is C17H21BrN4O2. The number of aromatic nitrogens is 2. The highest BCUT2D eigenvalue weighted by atomic mass is 79.9. The van der Waals surface area contributed by atoms with E-state index in [9.17, 15) is 9.59 Å². The minimum atomic E-state index is -0.466. The maximum Gasteiger partial charge on any atom is 0.327 e. The first-order valence-electron chi connectivity index (χ1n) is 8.03. The van der Waals surface area contributed by atoms with Crippen molar-refractivity contribution in [3.05, 3.63) is 60.7 Å². The Balaban J connectivity index is 1.66. The summed E-state index contributed by atoms with van der Waals surface area (Å²) in [5, 5.41) is 3.63. The number of aromatic amines is 2. The molecule has 1 aromatic carbocycles. The van der Waals surface area contributed by atoms with Crippen LogP contribution in [0, 0.1) is 6.92 Å². The first-order valence-corrected chi connectivity index (χ1v) is 8.82. The van der Waals surface area contributed by atoms with Crippen LogP contribution in [0.5, 0.6) is 0 Å². The molecule has 6 nitrogen and oxygen atoms in total. The second-order valence-corrected chi connectivity index (χ2v) is 7.16. The monoisotopic (exact) mass is 392 g/mol. The van der Waals surface area contributed by atoms with Crippen LogP contribution in [0.1, 0.15) is 30.5 Å². The van der Waals surface area contributed by atoms with Crippen molar-refractivity contribution in [2.45, 2.75) is 32.4 Å². The molecule has 2 atom stereocenters. The molecule has 3 N–H and O–H groups in total. The third-order valence-electron chi connectivity index (χ3n) is 4.46. The molecule has 0 amide bonds. The van der Waals surface area contributed by atoms with Crippen molar-refractivity contribution in [1.29, 1.82) is 0 Å². The van der Waals surface area contributed by atoms with E-state index in [0.717, 1.165) is 24.0 Å². The number of rotatable bonds is 4. The molecule has 24 heavy (non-hydrogen) atoms. The lowest BCUT2D eigenvalue weighted by molar-refractivity contribution is 0.481. The Morgan fingerprint density at radius 1 is 1.29 bits per heavy atom. The summed E-state index contributed by atoms with van der Waals surface area (Å²) in [7, 11) is 0. The van der Waals surface area contributed by atoms with Crippen LogP contribution in [-0.2, 0) is 0 Å². The average molecular weight is 393 g/mol. The van der Waals surface area contributed by atoms with Crippen molar-refractivity contribution >= 4 is 21.7 Å². The Labute approximate surface area is 148 Å². The number of benzene rings is 1. The number of hydrogen-bond donors (Lipinski definition) is 3. The van der Waals surface area contributed by atoms with Crippen molar-refractivity contribution in [2.75, 3.05) is 18.0 Å². The van der Waals surface area contributed by atoms with Crippen molar-refractivity contribution in [3.63, 3.8) is 0 Å². The number of halogens is 1. The maximum atomic E-state index is 11.4. The van der Waals surface area contributed by atoms with Gasteiger partial charge in [-0.25, -0.2) is 4.79 Å². The van der Waals surface area contributed by atoms with Gasteiger partial charge in [0, 0.05) is 35.7 Å². The normalized spacial score (nSPS) is 18.8. The van der Waals surface area contributed by atoms with Crippen molar-refractivity contribution < 1.29 is 0 Å². The van der Waals surface area contributed by atoms with Gasteiger partial charge in [0.2, 0.25) is 0 Å². The van der Waals surface area contributed by atoms with Crippen LogP contribution < -0.4 is 21.5 Å². The van der Waals surface area contributed by atoms with Crippen LogP contribution in [0.15, 0.2) is 38.3 Å². The molecule has 128 valence electrons. The molecule has 7 heteroatoms. The molecule has 1 fully saturated rings. The third-order valence-corrected chi connectivity index (χ3v) is 5.31. The third kappa shape index (κ3) is 3.79. The molecule has 2 heterocycles. The summed E-state index contributed by atoms with van der Waals surface area (Å²) < 4.78 is 1.11. The Kier molecular flexibility index (Phi) is 4.91. The molecule has 0 aliphatic carbocycles. The highest BCUT2D eigenvalue weighted by Gasteiger charge is 2.25. The molecule has 0 radical (unpaired) electrons. The number of nitrogens with one attached hydrogen (secondary N) is 3. The predicted molar refractivity (Wildman–Crippen MR) is 98.7 cm³/mol. The number of hydrogen-bond acceptors (Lipinski definition) is 4. The number of aryl methyl sites for hydroxylation is 1. The summed E-state index contributed by atoms with van der Waals surface area (Å²) in [5.74, 6) is 0.582. The number of H-pyrrole nitrogens is 2. The number of anilines is 1. The van der Waals surface area contributed by atoms with E-state index in [1.807, 2.05) is 4.90 Å². The van der Waals surface area contributed by atoms with E-state index in [-0.39, 0.29) is 11.6 Å². The lowest BCUT2D eigenvalue weighted by atomic mass is 10.1. The standard InChI is InChI=1S/C17H21BrN4O2/c1-10-3-4-12(7-14(10)18)11(2)19-13-5-6-22(9-13)15-8-16(23)21-17(24)20-15/h3-4,7-8,11,13,19H,5-6,9H2,1-2H3,(H2,20,21,23,24)/t11?,13-/m0/s1. The van der Waals surface area contributed by atoms with Gasteiger partial charge in [-0.2, -0.15) is 0 Å². The highest BCUT2D eigenvalue weighted by Crippen LogP contribution is 2.23. The summed E-state index contributed by atoms with van der Waals surface area (Å²) in [6, 6.07) is 8.36. The highest BCUT2D eigenvalue weighted by molar-refractivity contribution is 9.10. The number of nitrogens with zero attached hydrogens (tertiary/aromatic N) is 1. The molecule has 0 spiro atoms. The van der Waals surface area contributed by atoms with Crippen LogP contribution in [0.3, 0.4) is 0 Å². The Morgan fingerprint density at radius 2 is 2.08 bits per heavy atom. The van der Waals surface area contributed by atoms with E-state index in [2.05, 4.69) is 63.3 Å². The molecule has 2 aromatic rings. The Morgan fingerprint density at radius 3 is 2.79 bits per heavy atom. The van der Waals surface area contributed by atoms with Crippen molar-refractivity contribution in [2.24, 2.45) is 0 Å². The van der Waals surface area contributed by atoms with Crippen LogP contribution in [0.2, 0.25) is 0 Å². The lowest BCUT2D eigenvalue weighted by Gasteiger charge is -2.22. The Hall–Kier alpha value is -1.86. The maximum absolute atomic E-state index is 11.4. The fourth-order valence-electron chi connectivity index (χ4n) is 3.07. The van der Waals surface area contributed by atoms with Gasteiger partial charge in [0.1, 0.15) is 5.82 Å². The summed E-state index contributed by atoms with van der Waals surface area (Å²) in [5.41, 5.74) is 1.61. The van der Waals surface area contributed by atoms with Gasteiger partial charge < -0.3 is 10.2 Å². The average Bonchev–Trinajstić information content (AvgIpc) is 2.97. The van der Waals surface area contributed by atoms with Gasteiger partial charge in [0.15, 0.2) is 0 Å². The molecular weight excluding hydrogens is 372 g/mol. The topological polar surface area (TPSA) is 81.0 Å². The van der Waals surface area contributed by atoms with E-state index in [4.69, 9.17) is 0 Å². The van der Waals surface area contributed by atoms with Gasteiger partial charge in [-0.1, -0.05) is 28.1 Å². The second-order valence-electron chi connectivity index (χ2n) is 6.30. The zero-order valence-electron chi connectivity index (χ0n) is 13.7. The summed E-state index contributed by atoms with van der Waals surface area (Å²) in [6.45, 7) is 5.79. The zero-order valence-corrected chi connectivity index (χ0v) is 15.3. The van der Waals surface area contributed by atoms with E-state index in [1.54, 1.807) is 0 Å². The van der Waals surface area contributed by atoms with Gasteiger partial charge in [-0.3, -0.25) is 14.8 Å². The molecule has 3 rings (SSSR count). The molecule has 0 saturated carbocycles. The van der Waals surface area contributed by atoms with Crippen molar-refractivity contribution in [3.8, 4) is 0 Å². The first kappa shape index (κ1) is 17.0. The van der Waals surface area contributed by atoms with Crippen LogP contribution in [0.25, 0.3) is 0 Å². The minimum absolute atomic E-state index is 0.227. The molecule has 1 aliphatic heterocycles. The molecule has 1 saturated heterocycles. The SMILES string of the molecule is Cc1ccc(C(C)N[C@H]2CCN(c3cc(=O)[nH]c(=O)[nH]3)C2)cc1Br. The minimum Gasteiger partial charge on any atom is -0.356 e. The van der Waals surface area contributed by atoms with E-state index >= 15 is 0 Å². The smallest absolute Gasteiger partial charge is 0.327 e. The molecule has 1 aromatic heterocycles. The van der Waals surface area contributed by atoms with Crippen LogP contribution >= 0.6 is 15.9 Å². The summed E-state index contributed by atoms with van der Waals surface area (Å²) in [6.07, 6.45) is 0.964. The molecule has 1 unspecified atom stereocenters. The van der Waals surface area contributed by atoms with Gasteiger partial charge in [0.05, 0.1) is 0 Å². The fourth-order valence-corrected chi connectivity index (χ4v) is 3.47. The van der Waals surface area contributed by atoms with Crippen LogP contribution in [-0.4, -0.2) is 29.1 Å². The zero-order chi connectivity index (χ0) is 17.3. The molecule has 1 aliphatic rings. The quantitative estimate of drug-likeness (QED) is 0.743. The second kappa shape index (κ2) is 6.94. The van der Waals surface area contributed by atoms with Gasteiger partial charge in [-0.05, 0) is 37.5 Å². The predicted octanol–water partition coefficient (Wildman–Crippen LogP) is 2.06. The first-order chi connectivity index (χ1) is 11.4.